The molecule has 7 heteroatoms. The van der Waals surface area contributed by atoms with Gasteiger partial charge in [0.25, 0.3) is 0 Å². The zero-order valence-electron chi connectivity index (χ0n) is 7.87. The third-order valence-corrected chi connectivity index (χ3v) is 1.76. The molecule has 0 heterocycles. The van der Waals surface area contributed by atoms with E-state index in [4.69, 9.17) is 10.0 Å². The molecule has 1 aromatic carbocycles. The molecule has 0 aliphatic heterocycles. The first-order valence-corrected chi connectivity index (χ1v) is 4.22. The van der Waals surface area contributed by atoms with E-state index in [1.54, 1.807) is 0 Å². The van der Waals surface area contributed by atoms with E-state index in [-0.39, 0.29) is 5.56 Å². The Kier molecular flexibility index (Phi) is 3.72. The monoisotopic (exact) mass is 234 g/mol. The van der Waals surface area contributed by atoms with Gasteiger partial charge in [-0.3, -0.25) is 0 Å². The van der Waals surface area contributed by atoms with Crippen molar-refractivity contribution in [3.63, 3.8) is 0 Å². The van der Waals surface area contributed by atoms with Crippen molar-refractivity contribution in [1.82, 2.24) is 0 Å². The Morgan fingerprint density at radius 2 is 1.81 bits per heavy atom. The summed E-state index contributed by atoms with van der Waals surface area (Å²) in [4.78, 5) is 0. The third-order valence-electron chi connectivity index (χ3n) is 1.76. The molecule has 1 aromatic rings. The van der Waals surface area contributed by atoms with Crippen LogP contribution in [0.3, 0.4) is 0 Å². The maximum atomic E-state index is 13.0. The van der Waals surface area contributed by atoms with Crippen molar-refractivity contribution in [3.05, 3.63) is 41.1 Å². The summed E-state index contributed by atoms with van der Waals surface area (Å²) in [6, 6.07) is 2.30. The molecule has 2 N–H and O–H groups in total. The molecular formula is C9H7BF4O2. The van der Waals surface area contributed by atoms with Gasteiger partial charge in [-0.1, -0.05) is 18.1 Å². The van der Waals surface area contributed by atoms with E-state index >= 15 is 0 Å². The Morgan fingerprint density at radius 1 is 1.19 bits per heavy atom. The van der Waals surface area contributed by atoms with E-state index in [9.17, 15) is 17.6 Å². The van der Waals surface area contributed by atoms with Gasteiger partial charge in [-0.05, 0) is 17.7 Å². The van der Waals surface area contributed by atoms with Gasteiger partial charge >= 0.3 is 13.3 Å². The van der Waals surface area contributed by atoms with E-state index in [0.717, 1.165) is 18.1 Å². The van der Waals surface area contributed by atoms with Gasteiger partial charge in [0.1, 0.15) is 5.82 Å². The molecular weight excluding hydrogens is 227 g/mol. The van der Waals surface area contributed by atoms with Crippen LogP contribution < -0.4 is 0 Å². The molecule has 0 aliphatic carbocycles. The Hall–Kier alpha value is -1.34. The van der Waals surface area contributed by atoms with E-state index in [2.05, 4.69) is 0 Å². The van der Waals surface area contributed by atoms with E-state index in [1.807, 2.05) is 0 Å². The molecule has 0 unspecified atom stereocenters. The van der Waals surface area contributed by atoms with Gasteiger partial charge in [0, 0.05) is 0 Å². The van der Waals surface area contributed by atoms with Crippen molar-refractivity contribution in [2.45, 2.75) is 6.18 Å². The van der Waals surface area contributed by atoms with Gasteiger partial charge in [-0.15, -0.1) is 0 Å². The highest BCUT2D eigenvalue weighted by Gasteiger charge is 2.33. The Labute approximate surface area is 89.0 Å². The molecule has 86 valence electrons. The minimum absolute atomic E-state index is 0.110. The smallest absolute Gasteiger partial charge is 0.424 e. The number of alkyl halides is 3. The van der Waals surface area contributed by atoms with Crippen molar-refractivity contribution in [3.8, 4) is 0 Å². The molecule has 0 bridgehead atoms. The average Bonchev–Trinajstić information content (AvgIpc) is 2.12. The maximum absolute atomic E-state index is 13.0. The van der Waals surface area contributed by atoms with Crippen LogP contribution in [-0.4, -0.2) is 17.2 Å². The average molecular weight is 234 g/mol. The first kappa shape index (κ1) is 12.7. The highest BCUT2D eigenvalue weighted by Crippen LogP contribution is 2.31. The summed E-state index contributed by atoms with van der Waals surface area (Å²) >= 11 is 0. The van der Waals surface area contributed by atoms with Crippen molar-refractivity contribution in [2.75, 3.05) is 0 Å². The van der Waals surface area contributed by atoms with Crippen LogP contribution in [0.15, 0.2) is 24.2 Å². The van der Waals surface area contributed by atoms with E-state index < -0.39 is 24.7 Å². The second-order valence-electron chi connectivity index (χ2n) is 3.01. The molecule has 0 saturated carbocycles. The molecule has 0 saturated heterocycles. The highest BCUT2D eigenvalue weighted by atomic mass is 19.4. The highest BCUT2D eigenvalue weighted by molar-refractivity contribution is 6.48. The van der Waals surface area contributed by atoms with Gasteiger partial charge in [-0.2, -0.15) is 13.2 Å². The zero-order chi connectivity index (χ0) is 12.3. The first-order chi connectivity index (χ1) is 7.30. The summed E-state index contributed by atoms with van der Waals surface area (Å²) < 4.78 is 49.5. The lowest BCUT2D eigenvalue weighted by Crippen LogP contribution is -2.08. The van der Waals surface area contributed by atoms with Crippen LogP contribution in [0, 0.1) is 5.82 Å². The molecule has 0 fully saturated rings. The maximum Gasteiger partial charge on any atom is 0.480 e. The second-order valence-corrected chi connectivity index (χ2v) is 3.01. The summed E-state index contributed by atoms with van der Waals surface area (Å²) in [6.45, 7) is 0. The van der Waals surface area contributed by atoms with E-state index in [0.29, 0.717) is 12.1 Å². The fourth-order valence-corrected chi connectivity index (χ4v) is 1.06. The van der Waals surface area contributed by atoms with Crippen molar-refractivity contribution in [1.29, 1.82) is 0 Å². The first-order valence-electron chi connectivity index (χ1n) is 4.22. The van der Waals surface area contributed by atoms with Gasteiger partial charge < -0.3 is 10.0 Å². The SMILES string of the molecule is OB(O)/C=C/c1ccc(C(F)(F)F)c(F)c1. The number of halogens is 4. The van der Waals surface area contributed by atoms with Crippen LogP contribution in [0.25, 0.3) is 6.08 Å². The number of rotatable bonds is 2. The molecule has 16 heavy (non-hydrogen) atoms. The fraction of sp³-hybridized carbons (Fsp3) is 0.111. The van der Waals surface area contributed by atoms with Crippen LogP contribution >= 0.6 is 0 Å². The summed E-state index contributed by atoms with van der Waals surface area (Å²) in [7, 11) is -1.73. The van der Waals surface area contributed by atoms with Crippen LogP contribution in [0.5, 0.6) is 0 Å². The lowest BCUT2D eigenvalue weighted by Gasteiger charge is -2.07. The minimum atomic E-state index is -4.73. The Bertz CT molecular complexity index is 401. The van der Waals surface area contributed by atoms with E-state index in [1.165, 1.54) is 0 Å². The molecule has 1 rings (SSSR count). The van der Waals surface area contributed by atoms with Gasteiger partial charge in [-0.25, -0.2) is 4.39 Å². The Balaban J connectivity index is 3.00. The molecule has 2 nitrogen and oxygen atoms in total. The van der Waals surface area contributed by atoms with Crippen LogP contribution in [0.1, 0.15) is 11.1 Å². The normalized spacial score (nSPS) is 12.1. The number of hydrogen-bond donors (Lipinski definition) is 2. The van der Waals surface area contributed by atoms with Crippen molar-refractivity contribution < 1.29 is 27.6 Å². The molecule has 0 spiro atoms. The molecule has 0 amide bonds. The predicted octanol–water partition coefficient (Wildman–Crippen LogP) is 1.87. The minimum Gasteiger partial charge on any atom is -0.424 e. The second kappa shape index (κ2) is 4.67. The van der Waals surface area contributed by atoms with Crippen LogP contribution in [-0.2, 0) is 6.18 Å². The molecule has 0 aromatic heterocycles. The topological polar surface area (TPSA) is 40.5 Å². The van der Waals surface area contributed by atoms with Crippen molar-refractivity contribution >= 4 is 13.2 Å². The quantitative estimate of drug-likeness (QED) is 0.605. The van der Waals surface area contributed by atoms with Gasteiger partial charge in [0.05, 0.1) is 5.56 Å². The third kappa shape index (κ3) is 3.35. The number of benzene rings is 1. The fourth-order valence-electron chi connectivity index (χ4n) is 1.06. The lowest BCUT2D eigenvalue weighted by molar-refractivity contribution is -0.140. The van der Waals surface area contributed by atoms with Crippen LogP contribution in [0.4, 0.5) is 17.6 Å². The summed E-state index contributed by atoms with van der Waals surface area (Å²) in [6.07, 6.45) is -3.63. The van der Waals surface area contributed by atoms with Gasteiger partial charge in [0.2, 0.25) is 0 Å². The summed E-state index contributed by atoms with van der Waals surface area (Å²) in [5, 5.41) is 16.9. The molecule has 0 radical (unpaired) electrons. The molecule has 0 atom stereocenters. The molecule has 0 aliphatic rings. The largest absolute Gasteiger partial charge is 0.480 e. The van der Waals surface area contributed by atoms with Gasteiger partial charge in [0.15, 0.2) is 0 Å². The lowest BCUT2D eigenvalue weighted by atomic mass is 9.90. The summed E-state index contributed by atoms with van der Waals surface area (Å²) in [5.74, 6) is -0.496. The van der Waals surface area contributed by atoms with Crippen LogP contribution in [0.2, 0.25) is 0 Å². The van der Waals surface area contributed by atoms with Crippen molar-refractivity contribution in [2.24, 2.45) is 0 Å². The number of hydrogen-bond acceptors (Lipinski definition) is 2. The zero-order valence-corrected chi connectivity index (χ0v) is 7.87. The predicted molar refractivity (Wildman–Crippen MR) is 50.6 cm³/mol. The standard InChI is InChI=1S/C9H7BF4O2/c11-8-5-6(3-4-10(15)16)1-2-7(8)9(12,13)14/h1-5,15-16H/b4-3+. The summed E-state index contributed by atoms with van der Waals surface area (Å²) in [5.41, 5.74) is -1.24. The Morgan fingerprint density at radius 3 is 2.25 bits per heavy atom.